The molecule has 1 saturated heterocycles. The van der Waals surface area contributed by atoms with Gasteiger partial charge < -0.3 is 20.1 Å². The molecule has 5 nitrogen and oxygen atoms in total. The zero-order valence-electron chi connectivity index (χ0n) is 11.0. The van der Waals surface area contributed by atoms with Crippen molar-refractivity contribution in [3.63, 3.8) is 0 Å². The fourth-order valence-electron chi connectivity index (χ4n) is 2.72. The van der Waals surface area contributed by atoms with Gasteiger partial charge in [0.15, 0.2) is 0 Å². The Labute approximate surface area is 109 Å². The predicted octanol–water partition coefficient (Wildman–Crippen LogP) is 0.523. The van der Waals surface area contributed by atoms with Crippen LogP contribution in [0.15, 0.2) is 0 Å². The van der Waals surface area contributed by atoms with Gasteiger partial charge in [-0.3, -0.25) is 4.79 Å². The molecular formula is C13H24N2O3. The van der Waals surface area contributed by atoms with E-state index < -0.39 is 0 Å². The number of carbonyl (C=O) groups is 1. The van der Waals surface area contributed by atoms with Crippen LogP contribution in [0.25, 0.3) is 0 Å². The average Bonchev–Trinajstić information content (AvgIpc) is 2.47. The number of rotatable bonds is 4. The second-order valence-corrected chi connectivity index (χ2v) is 5.23. The van der Waals surface area contributed by atoms with Gasteiger partial charge in [-0.2, -0.15) is 0 Å². The van der Waals surface area contributed by atoms with Crippen LogP contribution < -0.4 is 5.73 Å². The molecule has 1 amide bonds. The molecule has 0 aromatic rings. The molecule has 0 spiro atoms. The molecule has 0 unspecified atom stereocenters. The molecule has 1 heterocycles. The molecule has 0 radical (unpaired) electrons. The zero-order valence-corrected chi connectivity index (χ0v) is 11.0. The van der Waals surface area contributed by atoms with E-state index in [1.165, 1.54) is 6.42 Å². The highest BCUT2D eigenvalue weighted by Gasteiger charge is 2.32. The summed E-state index contributed by atoms with van der Waals surface area (Å²) in [5.74, 6) is 0.0664. The first-order valence-electron chi connectivity index (χ1n) is 6.95. The molecule has 0 aromatic carbocycles. The summed E-state index contributed by atoms with van der Waals surface area (Å²) in [6.45, 7) is 3.30. The van der Waals surface area contributed by atoms with E-state index in [-0.39, 0.29) is 18.1 Å². The van der Waals surface area contributed by atoms with Crippen LogP contribution in [0.1, 0.15) is 32.1 Å². The first-order chi connectivity index (χ1) is 8.76. The Kier molecular flexibility index (Phi) is 4.97. The molecule has 2 N–H and O–H groups in total. The maximum atomic E-state index is 12.0. The van der Waals surface area contributed by atoms with Gasteiger partial charge in [-0.1, -0.05) is 19.3 Å². The van der Waals surface area contributed by atoms with Crippen molar-refractivity contribution in [2.24, 2.45) is 5.73 Å². The van der Waals surface area contributed by atoms with Crippen molar-refractivity contribution in [2.75, 3.05) is 39.5 Å². The number of nitrogens with two attached hydrogens (primary N) is 1. The number of amides is 1. The molecular weight excluding hydrogens is 232 g/mol. The largest absolute Gasteiger partial charge is 0.378 e. The Bertz CT molecular complexity index is 271. The molecule has 1 saturated carbocycles. The lowest BCUT2D eigenvalue weighted by molar-refractivity contribution is -0.149. The SMILES string of the molecule is NCC1(OCC(=O)N2CCOCC2)CCCCC1. The van der Waals surface area contributed by atoms with Crippen LogP contribution in [0.3, 0.4) is 0 Å². The Balaban J connectivity index is 1.79. The van der Waals surface area contributed by atoms with Crippen LogP contribution in [0.5, 0.6) is 0 Å². The highest BCUT2D eigenvalue weighted by atomic mass is 16.5. The van der Waals surface area contributed by atoms with E-state index >= 15 is 0 Å². The molecule has 104 valence electrons. The molecule has 2 aliphatic rings. The Morgan fingerprint density at radius 2 is 1.89 bits per heavy atom. The Morgan fingerprint density at radius 3 is 2.50 bits per heavy atom. The van der Waals surface area contributed by atoms with Gasteiger partial charge in [0, 0.05) is 19.6 Å². The topological polar surface area (TPSA) is 64.8 Å². The number of hydrogen-bond acceptors (Lipinski definition) is 4. The fourth-order valence-corrected chi connectivity index (χ4v) is 2.72. The lowest BCUT2D eigenvalue weighted by Crippen LogP contribution is -2.47. The number of nitrogens with zero attached hydrogens (tertiary/aromatic N) is 1. The van der Waals surface area contributed by atoms with Crippen molar-refractivity contribution in [3.8, 4) is 0 Å². The summed E-state index contributed by atoms with van der Waals surface area (Å²) in [4.78, 5) is 13.8. The third-order valence-electron chi connectivity index (χ3n) is 4.00. The fraction of sp³-hybridized carbons (Fsp3) is 0.923. The van der Waals surface area contributed by atoms with Gasteiger partial charge >= 0.3 is 0 Å². The molecule has 0 aromatic heterocycles. The summed E-state index contributed by atoms with van der Waals surface area (Å²) in [5, 5.41) is 0. The summed E-state index contributed by atoms with van der Waals surface area (Å²) in [6, 6.07) is 0. The summed E-state index contributed by atoms with van der Waals surface area (Å²) >= 11 is 0. The van der Waals surface area contributed by atoms with E-state index in [1.807, 2.05) is 4.90 Å². The van der Waals surface area contributed by atoms with Gasteiger partial charge in [0.1, 0.15) is 6.61 Å². The monoisotopic (exact) mass is 256 g/mol. The smallest absolute Gasteiger partial charge is 0.248 e. The first-order valence-corrected chi connectivity index (χ1v) is 6.95. The summed E-state index contributed by atoms with van der Waals surface area (Å²) in [5.41, 5.74) is 5.58. The third-order valence-corrected chi connectivity index (χ3v) is 4.00. The van der Waals surface area contributed by atoms with Crippen LogP contribution in [0, 0.1) is 0 Å². The molecule has 2 rings (SSSR count). The van der Waals surface area contributed by atoms with Gasteiger partial charge in [-0.15, -0.1) is 0 Å². The maximum absolute atomic E-state index is 12.0. The van der Waals surface area contributed by atoms with Crippen LogP contribution in [-0.2, 0) is 14.3 Å². The van der Waals surface area contributed by atoms with Crippen molar-refractivity contribution in [3.05, 3.63) is 0 Å². The van der Waals surface area contributed by atoms with E-state index in [2.05, 4.69) is 0 Å². The quantitative estimate of drug-likeness (QED) is 0.796. The number of morpholine rings is 1. The predicted molar refractivity (Wildman–Crippen MR) is 68.2 cm³/mol. The third kappa shape index (κ3) is 3.43. The standard InChI is InChI=1S/C13H24N2O3/c14-11-13(4-2-1-3-5-13)18-10-12(16)15-6-8-17-9-7-15/h1-11,14H2. The second kappa shape index (κ2) is 6.50. The first kappa shape index (κ1) is 13.8. The molecule has 2 fully saturated rings. The Hall–Kier alpha value is -0.650. The minimum atomic E-state index is -0.250. The lowest BCUT2D eigenvalue weighted by Gasteiger charge is -2.37. The van der Waals surface area contributed by atoms with Crippen LogP contribution in [0.2, 0.25) is 0 Å². The molecule has 18 heavy (non-hydrogen) atoms. The van der Waals surface area contributed by atoms with E-state index in [0.717, 1.165) is 25.7 Å². The molecule has 5 heteroatoms. The minimum Gasteiger partial charge on any atom is -0.378 e. The van der Waals surface area contributed by atoms with Gasteiger partial charge in [0.05, 0.1) is 18.8 Å². The summed E-state index contributed by atoms with van der Waals surface area (Å²) in [6.07, 6.45) is 5.54. The average molecular weight is 256 g/mol. The lowest BCUT2D eigenvalue weighted by atomic mass is 9.85. The van der Waals surface area contributed by atoms with Gasteiger partial charge in [0.25, 0.3) is 0 Å². The van der Waals surface area contributed by atoms with Gasteiger partial charge in [0.2, 0.25) is 5.91 Å². The van der Waals surface area contributed by atoms with Gasteiger partial charge in [-0.05, 0) is 12.8 Å². The van der Waals surface area contributed by atoms with Crippen molar-refractivity contribution < 1.29 is 14.3 Å². The minimum absolute atomic E-state index is 0.0664. The van der Waals surface area contributed by atoms with E-state index in [4.69, 9.17) is 15.2 Å². The van der Waals surface area contributed by atoms with Crippen molar-refractivity contribution >= 4 is 5.91 Å². The maximum Gasteiger partial charge on any atom is 0.248 e. The van der Waals surface area contributed by atoms with E-state index in [1.54, 1.807) is 0 Å². The summed E-state index contributed by atoms with van der Waals surface area (Å²) in [7, 11) is 0. The molecule has 1 aliphatic carbocycles. The van der Waals surface area contributed by atoms with Crippen molar-refractivity contribution in [1.29, 1.82) is 0 Å². The number of carbonyl (C=O) groups excluding carboxylic acids is 1. The second-order valence-electron chi connectivity index (χ2n) is 5.23. The van der Waals surface area contributed by atoms with Crippen LogP contribution in [0.4, 0.5) is 0 Å². The summed E-state index contributed by atoms with van der Waals surface area (Å²) < 4.78 is 11.1. The normalized spacial score (nSPS) is 23.9. The molecule has 0 atom stereocenters. The molecule has 1 aliphatic heterocycles. The highest BCUT2D eigenvalue weighted by molar-refractivity contribution is 5.77. The highest BCUT2D eigenvalue weighted by Crippen LogP contribution is 2.30. The number of hydrogen-bond donors (Lipinski definition) is 1. The van der Waals surface area contributed by atoms with E-state index in [0.29, 0.717) is 32.8 Å². The Morgan fingerprint density at radius 1 is 1.22 bits per heavy atom. The number of ether oxygens (including phenoxy) is 2. The van der Waals surface area contributed by atoms with E-state index in [9.17, 15) is 4.79 Å². The van der Waals surface area contributed by atoms with Crippen LogP contribution in [-0.4, -0.2) is 55.9 Å². The zero-order chi connectivity index (χ0) is 12.8. The van der Waals surface area contributed by atoms with Crippen molar-refractivity contribution in [1.82, 2.24) is 4.90 Å². The molecule has 0 bridgehead atoms. The van der Waals surface area contributed by atoms with Gasteiger partial charge in [-0.25, -0.2) is 0 Å². The van der Waals surface area contributed by atoms with Crippen molar-refractivity contribution in [2.45, 2.75) is 37.7 Å². The van der Waals surface area contributed by atoms with Crippen LogP contribution >= 0.6 is 0 Å².